The highest BCUT2D eigenvalue weighted by molar-refractivity contribution is 5.96. The van der Waals surface area contributed by atoms with Gasteiger partial charge in [-0.2, -0.15) is 0 Å². The molecule has 0 unspecified atom stereocenters. The molecule has 0 radical (unpaired) electrons. The average molecular weight is 621 g/mol. The second-order valence-corrected chi connectivity index (χ2v) is 13.1. The van der Waals surface area contributed by atoms with Crippen LogP contribution in [0.25, 0.3) is 0 Å². The van der Waals surface area contributed by atoms with Crippen LogP contribution < -0.4 is 16.0 Å². The molecule has 0 aromatic heterocycles. The second-order valence-electron chi connectivity index (χ2n) is 13.1. The van der Waals surface area contributed by atoms with E-state index in [2.05, 4.69) is 16.0 Å². The Morgan fingerprint density at radius 3 is 2.05 bits per heavy atom. The van der Waals surface area contributed by atoms with Crippen LogP contribution in [0.4, 0.5) is 4.39 Å². The molecule has 1 rings (SSSR count). The van der Waals surface area contributed by atoms with Gasteiger partial charge in [-0.15, -0.1) is 0 Å². The SMILES string of the molecule is CN[C@H](C(=O)N[C@H](C(=O)N(C)[C@H](/C=C(\C)C(=O)N[C@H](CCC(=O)O)C(=O)O)C(C)C)C(C)(C)C)C(C)(C)c1cccc(F)c1. The van der Waals surface area contributed by atoms with Crippen LogP contribution in [0.5, 0.6) is 0 Å². The van der Waals surface area contributed by atoms with Gasteiger partial charge in [0, 0.05) is 24.5 Å². The van der Waals surface area contributed by atoms with Crippen LogP contribution in [0.3, 0.4) is 0 Å². The molecule has 12 heteroatoms. The van der Waals surface area contributed by atoms with E-state index < -0.39 is 76.9 Å². The predicted molar refractivity (Wildman–Crippen MR) is 165 cm³/mol. The van der Waals surface area contributed by atoms with Crippen molar-refractivity contribution in [1.29, 1.82) is 0 Å². The van der Waals surface area contributed by atoms with E-state index >= 15 is 0 Å². The maximum atomic E-state index is 14.0. The molecule has 44 heavy (non-hydrogen) atoms. The number of benzene rings is 1. The van der Waals surface area contributed by atoms with Gasteiger partial charge in [-0.25, -0.2) is 9.18 Å². The minimum Gasteiger partial charge on any atom is -0.481 e. The Balaban J connectivity index is 3.30. The first kappa shape index (κ1) is 38.2. The fourth-order valence-corrected chi connectivity index (χ4v) is 4.98. The van der Waals surface area contributed by atoms with E-state index in [1.165, 1.54) is 24.0 Å². The zero-order valence-electron chi connectivity index (χ0n) is 27.4. The number of hydrogen-bond donors (Lipinski definition) is 5. The molecule has 0 aliphatic rings. The van der Waals surface area contributed by atoms with Crippen LogP contribution in [-0.4, -0.2) is 83.0 Å². The molecule has 0 aliphatic heterocycles. The van der Waals surface area contributed by atoms with Crippen molar-refractivity contribution >= 4 is 29.7 Å². The average Bonchev–Trinajstić information content (AvgIpc) is 2.90. The molecule has 0 saturated carbocycles. The topological polar surface area (TPSA) is 165 Å². The number of carboxylic acids is 2. The minimum absolute atomic E-state index is 0.147. The number of carbonyl (C=O) groups is 5. The molecule has 1 aromatic carbocycles. The van der Waals surface area contributed by atoms with Crippen LogP contribution in [0.2, 0.25) is 0 Å². The minimum atomic E-state index is -1.39. The first-order chi connectivity index (χ1) is 20.1. The third kappa shape index (κ3) is 10.4. The third-order valence-corrected chi connectivity index (χ3v) is 7.75. The Hall–Kier alpha value is -3.80. The standard InChI is InChI=1S/C32H49FN4O7/c1-18(2)23(16-19(3)27(40)35-22(30(43)44)14-15-24(38)39)37(10)29(42)26(31(4,5)6)36-28(41)25(34-9)32(7,8)20-12-11-13-21(33)17-20/h11-13,16-18,22-23,25-26,34H,14-15H2,1-10H3,(H,35,40)(H,36,41)(H,38,39)(H,43,44)/b19-16+/t22-,23-,25-,26-/m1/s1. The van der Waals surface area contributed by atoms with Gasteiger partial charge in [-0.3, -0.25) is 19.2 Å². The van der Waals surface area contributed by atoms with Gasteiger partial charge in [0.15, 0.2) is 0 Å². The monoisotopic (exact) mass is 620 g/mol. The summed E-state index contributed by atoms with van der Waals surface area (Å²) in [5, 5.41) is 26.6. The maximum absolute atomic E-state index is 14.0. The summed E-state index contributed by atoms with van der Waals surface area (Å²) in [5.74, 6) is -4.70. The summed E-state index contributed by atoms with van der Waals surface area (Å²) in [7, 11) is 3.19. The van der Waals surface area contributed by atoms with Crippen molar-refractivity contribution in [1.82, 2.24) is 20.9 Å². The van der Waals surface area contributed by atoms with E-state index in [0.29, 0.717) is 5.56 Å². The summed E-state index contributed by atoms with van der Waals surface area (Å²) < 4.78 is 14.0. The molecule has 0 bridgehead atoms. The smallest absolute Gasteiger partial charge is 0.326 e. The predicted octanol–water partition coefficient (Wildman–Crippen LogP) is 3.09. The van der Waals surface area contributed by atoms with Gasteiger partial charge in [0.25, 0.3) is 0 Å². The van der Waals surface area contributed by atoms with E-state index in [1.54, 1.807) is 32.3 Å². The number of aliphatic carboxylic acids is 2. The number of nitrogens with one attached hydrogen (secondary N) is 3. The van der Waals surface area contributed by atoms with Crippen LogP contribution in [0.1, 0.15) is 73.8 Å². The lowest BCUT2D eigenvalue weighted by atomic mass is 9.76. The molecule has 0 heterocycles. The molecule has 0 spiro atoms. The molecule has 0 fully saturated rings. The highest BCUT2D eigenvalue weighted by Crippen LogP contribution is 2.29. The lowest BCUT2D eigenvalue weighted by Gasteiger charge is -2.40. The summed E-state index contributed by atoms with van der Waals surface area (Å²) in [6.45, 7) is 14.3. The van der Waals surface area contributed by atoms with Crippen molar-refractivity contribution < 1.29 is 38.6 Å². The largest absolute Gasteiger partial charge is 0.481 e. The zero-order valence-corrected chi connectivity index (χ0v) is 27.4. The lowest BCUT2D eigenvalue weighted by molar-refractivity contribution is -0.142. The number of hydrogen-bond acceptors (Lipinski definition) is 6. The van der Waals surface area contributed by atoms with Crippen molar-refractivity contribution in [2.24, 2.45) is 11.3 Å². The summed E-state index contributed by atoms with van der Waals surface area (Å²) in [6, 6.07) is 2.22. The summed E-state index contributed by atoms with van der Waals surface area (Å²) in [4.78, 5) is 64.4. The lowest BCUT2D eigenvalue weighted by Crippen LogP contribution is -2.61. The van der Waals surface area contributed by atoms with Crippen LogP contribution in [0, 0.1) is 17.2 Å². The first-order valence-electron chi connectivity index (χ1n) is 14.6. The molecule has 1 aromatic rings. The Labute approximate surface area is 259 Å². The van der Waals surface area contributed by atoms with Crippen LogP contribution in [0.15, 0.2) is 35.9 Å². The van der Waals surface area contributed by atoms with E-state index in [0.717, 1.165) is 0 Å². The van der Waals surface area contributed by atoms with Gasteiger partial charge < -0.3 is 31.1 Å². The van der Waals surface area contributed by atoms with Crippen molar-refractivity contribution in [3.63, 3.8) is 0 Å². The first-order valence-corrected chi connectivity index (χ1v) is 14.6. The molecule has 5 N–H and O–H groups in total. The van der Waals surface area contributed by atoms with Gasteiger partial charge in [0.2, 0.25) is 17.7 Å². The fourth-order valence-electron chi connectivity index (χ4n) is 4.98. The van der Waals surface area contributed by atoms with E-state index in [1.807, 2.05) is 48.5 Å². The Bertz CT molecular complexity index is 1240. The zero-order chi connectivity index (χ0) is 34.2. The second kappa shape index (κ2) is 15.8. The summed E-state index contributed by atoms with van der Waals surface area (Å²) >= 11 is 0. The molecule has 246 valence electrons. The number of halogens is 1. The maximum Gasteiger partial charge on any atom is 0.326 e. The van der Waals surface area contributed by atoms with Crippen LogP contribution in [-0.2, 0) is 29.4 Å². The fraction of sp³-hybridized carbons (Fsp3) is 0.594. The van der Waals surface area contributed by atoms with Gasteiger partial charge in [-0.05, 0) is 49.4 Å². The molecular formula is C32H49FN4O7. The number of amides is 3. The molecule has 0 saturated heterocycles. The van der Waals surface area contributed by atoms with E-state index in [-0.39, 0.29) is 17.9 Å². The number of rotatable bonds is 15. The number of likely N-dealkylation sites (N-methyl/N-ethyl adjacent to an activating group) is 2. The van der Waals surface area contributed by atoms with E-state index in [9.17, 15) is 33.5 Å². The quantitative estimate of drug-likeness (QED) is 0.187. The van der Waals surface area contributed by atoms with Crippen molar-refractivity contribution in [3.8, 4) is 0 Å². The van der Waals surface area contributed by atoms with Gasteiger partial charge in [0.1, 0.15) is 17.9 Å². The van der Waals surface area contributed by atoms with E-state index in [4.69, 9.17) is 5.11 Å². The number of nitrogens with zero attached hydrogens (tertiary/aromatic N) is 1. The Morgan fingerprint density at radius 2 is 1.59 bits per heavy atom. The summed E-state index contributed by atoms with van der Waals surface area (Å²) in [6.07, 6.45) is 0.838. The van der Waals surface area contributed by atoms with Crippen molar-refractivity contribution in [2.45, 2.75) is 97.8 Å². The molecule has 11 nitrogen and oxygen atoms in total. The highest BCUT2D eigenvalue weighted by atomic mass is 19.1. The molecule has 3 amide bonds. The Kier molecular flexibility index (Phi) is 13.7. The Morgan fingerprint density at radius 1 is 1.00 bits per heavy atom. The van der Waals surface area contributed by atoms with Crippen molar-refractivity contribution in [3.05, 3.63) is 47.3 Å². The summed E-state index contributed by atoms with van der Waals surface area (Å²) in [5.41, 5.74) is -0.814. The van der Waals surface area contributed by atoms with Gasteiger partial charge in [0.05, 0.1) is 12.1 Å². The molecular weight excluding hydrogens is 571 g/mol. The highest BCUT2D eigenvalue weighted by Gasteiger charge is 2.41. The molecule has 4 atom stereocenters. The van der Waals surface area contributed by atoms with Gasteiger partial charge in [-0.1, -0.05) is 66.7 Å². The van der Waals surface area contributed by atoms with Crippen molar-refractivity contribution in [2.75, 3.05) is 14.1 Å². The third-order valence-electron chi connectivity index (χ3n) is 7.75. The van der Waals surface area contributed by atoms with Gasteiger partial charge >= 0.3 is 11.9 Å². The number of carbonyl (C=O) groups excluding carboxylic acids is 3. The molecule has 0 aliphatic carbocycles. The number of carboxylic acid groups (broad SMARTS) is 2. The van der Waals surface area contributed by atoms with Crippen LogP contribution >= 0.6 is 0 Å². The normalized spacial score (nSPS) is 15.1.